The van der Waals surface area contributed by atoms with Crippen LogP contribution < -0.4 is 0 Å². The monoisotopic (exact) mass is 820 g/mol. The molecular formula is C58H61N3O. The molecule has 0 aliphatic carbocycles. The first-order valence-electron chi connectivity index (χ1n) is 23.6. The lowest BCUT2D eigenvalue weighted by Crippen LogP contribution is -2.17. The largest absolute Gasteiger partial charge is 0.507 e. The summed E-state index contributed by atoms with van der Waals surface area (Å²) < 4.78 is 39.9. The second-order valence-electron chi connectivity index (χ2n) is 20.7. The predicted molar refractivity (Wildman–Crippen MR) is 263 cm³/mol. The van der Waals surface area contributed by atoms with Crippen LogP contribution in [0, 0.1) is 0 Å². The Labute approximate surface area is 375 Å². The van der Waals surface area contributed by atoms with E-state index in [4.69, 9.17) is 11.3 Å². The Bertz CT molecular complexity index is 3120. The molecule has 62 heavy (non-hydrogen) atoms. The molecule has 1 N–H and O–H groups in total. The Kier molecular flexibility index (Phi) is 9.42. The van der Waals surface area contributed by atoms with Crippen LogP contribution in [0.15, 0.2) is 146 Å². The first-order valence-corrected chi connectivity index (χ1v) is 21.6. The van der Waals surface area contributed by atoms with Gasteiger partial charge in [-0.1, -0.05) is 174 Å². The summed E-state index contributed by atoms with van der Waals surface area (Å²) in [5.41, 5.74) is 10.3. The SMILES string of the molecule is [2H]c1cnc(-c2cc(-c3cccc4c3nc(-c3c([2H])c(C(C)(C)C)c([2H])c(C(C)(C)C)c3O)n4-c3ccc(C(C)(C)C)cc3-c3ccccc3)cc(C(C)(C)C)c2)c([2H])c1-c1ccccc1. The number of phenolic OH excluding ortho intramolecular Hbond substituents is 1. The van der Waals surface area contributed by atoms with Crippen LogP contribution in [0.2, 0.25) is 0 Å². The Balaban J connectivity index is 1.51. The summed E-state index contributed by atoms with van der Waals surface area (Å²) in [6.45, 7) is 25.2. The van der Waals surface area contributed by atoms with Gasteiger partial charge in [0.15, 0.2) is 0 Å². The van der Waals surface area contributed by atoms with Crippen molar-refractivity contribution in [1.29, 1.82) is 0 Å². The van der Waals surface area contributed by atoms with Gasteiger partial charge in [0.05, 0.1) is 33.5 Å². The first kappa shape index (κ1) is 37.5. The molecule has 0 atom stereocenters. The summed E-state index contributed by atoms with van der Waals surface area (Å²) in [6, 6.07) is 39.6. The van der Waals surface area contributed by atoms with E-state index in [9.17, 15) is 9.22 Å². The normalized spacial score (nSPS) is 13.5. The number of imidazole rings is 1. The summed E-state index contributed by atoms with van der Waals surface area (Å²) in [6.07, 6.45) is 1.54. The number of phenols is 1. The van der Waals surface area contributed by atoms with Crippen molar-refractivity contribution in [1.82, 2.24) is 14.5 Å². The molecular weight excluding hydrogens is 755 g/mol. The molecule has 0 aliphatic rings. The minimum absolute atomic E-state index is 0.0711. The van der Waals surface area contributed by atoms with E-state index in [-0.39, 0.29) is 46.3 Å². The molecule has 0 fully saturated rings. The molecule has 0 saturated heterocycles. The third-order valence-electron chi connectivity index (χ3n) is 11.7. The molecule has 4 heteroatoms. The summed E-state index contributed by atoms with van der Waals surface area (Å²) in [4.78, 5) is 10.3. The number of aromatic nitrogens is 3. The molecule has 0 bridgehead atoms. The average molecular weight is 820 g/mol. The van der Waals surface area contributed by atoms with Crippen molar-refractivity contribution in [3.05, 3.63) is 168 Å². The maximum atomic E-state index is 12.7. The van der Waals surface area contributed by atoms with Crippen LogP contribution in [0.4, 0.5) is 0 Å². The average Bonchev–Trinajstić information content (AvgIpc) is 3.61. The number of aromatic hydroxyl groups is 1. The number of hydrogen-bond donors (Lipinski definition) is 1. The molecule has 0 saturated carbocycles. The lowest BCUT2D eigenvalue weighted by atomic mass is 9.79. The second kappa shape index (κ2) is 15.6. The number of rotatable bonds is 6. The zero-order valence-corrected chi connectivity index (χ0v) is 38.3. The summed E-state index contributed by atoms with van der Waals surface area (Å²) in [5.74, 6) is 0.284. The molecule has 4 nitrogen and oxygen atoms in total. The van der Waals surface area contributed by atoms with Crippen molar-refractivity contribution < 1.29 is 10.6 Å². The van der Waals surface area contributed by atoms with Crippen molar-refractivity contribution >= 4 is 11.0 Å². The highest BCUT2D eigenvalue weighted by atomic mass is 16.3. The van der Waals surface area contributed by atoms with E-state index in [0.717, 1.165) is 55.7 Å². The lowest BCUT2D eigenvalue weighted by molar-refractivity contribution is 0.446. The van der Waals surface area contributed by atoms with E-state index in [1.54, 1.807) is 0 Å². The smallest absolute Gasteiger partial charge is 0.149 e. The molecule has 6 aromatic carbocycles. The number of para-hydroxylation sites is 1. The summed E-state index contributed by atoms with van der Waals surface area (Å²) >= 11 is 0. The molecule has 314 valence electrons. The van der Waals surface area contributed by atoms with E-state index in [1.165, 1.54) is 6.20 Å². The third kappa shape index (κ3) is 8.23. The van der Waals surface area contributed by atoms with Gasteiger partial charge in [0.25, 0.3) is 0 Å². The van der Waals surface area contributed by atoms with E-state index in [2.05, 4.69) is 101 Å². The van der Waals surface area contributed by atoms with Crippen molar-refractivity contribution in [2.45, 2.75) is 105 Å². The van der Waals surface area contributed by atoms with Gasteiger partial charge in [-0.05, 0) is 109 Å². The highest BCUT2D eigenvalue weighted by Crippen LogP contribution is 2.46. The van der Waals surface area contributed by atoms with Crippen LogP contribution in [-0.2, 0) is 21.7 Å². The number of benzene rings is 6. The summed E-state index contributed by atoms with van der Waals surface area (Å²) in [5, 5.41) is 12.7. The fourth-order valence-corrected chi connectivity index (χ4v) is 8.00. The van der Waals surface area contributed by atoms with Crippen LogP contribution in [0.25, 0.3) is 72.7 Å². The van der Waals surface area contributed by atoms with E-state index in [1.807, 2.05) is 102 Å². The highest BCUT2D eigenvalue weighted by Gasteiger charge is 2.30. The number of hydrogen-bond acceptors (Lipinski definition) is 3. The van der Waals surface area contributed by atoms with Crippen molar-refractivity contribution in [2.75, 3.05) is 0 Å². The van der Waals surface area contributed by atoms with Crippen molar-refractivity contribution in [3.63, 3.8) is 0 Å². The van der Waals surface area contributed by atoms with Crippen molar-refractivity contribution in [3.8, 4) is 67.5 Å². The van der Waals surface area contributed by atoms with Crippen LogP contribution in [0.5, 0.6) is 5.75 Å². The van der Waals surface area contributed by atoms with Crippen LogP contribution in [0.3, 0.4) is 0 Å². The van der Waals surface area contributed by atoms with Gasteiger partial charge >= 0.3 is 0 Å². The van der Waals surface area contributed by atoms with E-state index >= 15 is 0 Å². The molecule has 0 unspecified atom stereocenters. The summed E-state index contributed by atoms with van der Waals surface area (Å²) in [7, 11) is 0. The van der Waals surface area contributed by atoms with E-state index in [0.29, 0.717) is 33.7 Å². The van der Waals surface area contributed by atoms with Crippen molar-refractivity contribution in [2.24, 2.45) is 0 Å². The number of pyridine rings is 1. The van der Waals surface area contributed by atoms with E-state index < -0.39 is 10.8 Å². The third-order valence-corrected chi connectivity index (χ3v) is 11.7. The molecule has 8 rings (SSSR count). The highest BCUT2D eigenvalue weighted by molar-refractivity contribution is 5.98. The molecule has 0 aliphatic heterocycles. The Morgan fingerprint density at radius 2 is 1.13 bits per heavy atom. The predicted octanol–water partition coefficient (Wildman–Crippen LogP) is 15.7. The quantitative estimate of drug-likeness (QED) is 0.182. The van der Waals surface area contributed by atoms with Gasteiger partial charge in [0.2, 0.25) is 0 Å². The van der Waals surface area contributed by atoms with Gasteiger partial charge in [-0.25, -0.2) is 4.98 Å². The molecule has 8 aromatic rings. The second-order valence-corrected chi connectivity index (χ2v) is 20.7. The van der Waals surface area contributed by atoms with Crippen LogP contribution in [0.1, 0.15) is 111 Å². The maximum absolute atomic E-state index is 12.7. The number of nitrogens with zero attached hydrogens (tertiary/aromatic N) is 3. The Morgan fingerprint density at radius 3 is 1.76 bits per heavy atom. The molecule has 2 aromatic heterocycles. The molecule has 0 radical (unpaired) electrons. The van der Waals surface area contributed by atoms with Gasteiger partial charge in [0.1, 0.15) is 11.6 Å². The topological polar surface area (TPSA) is 50.9 Å². The first-order chi connectivity index (χ1) is 30.9. The standard InChI is InChI=1S/C58H61N3O/c1-55(2,3)42-26-27-50(46(34-42)38-22-17-14-18-23-38)61-51-25-19-24-45(52(51)60-54(61)47-35-44(57(7,8)9)36-48(53(47)62)58(10,11)12)40-30-41(32-43(31-40)56(4,5)6)49-33-39(28-29-59-49)37-20-15-13-16-21-37/h13-36,62H,1-12H3/i28D,33D,35D,36D. The molecule has 2 heterocycles. The van der Waals surface area contributed by atoms with Gasteiger partial charge in [-0.3, -0.25) is 9.55 Å². The Morgan fingerprint density at radius 1 is 0.500 bits per heavy atom. The fourth-order valence-electron chi connectivity index (χ4n) is 8.00. The maximum Gasteiger partial charge on any atom is 0.149 e. The molecule has 0 spiro atoms. The van der Waals surface area contributed by atoms with Gasteiger partial charge in [0, 0.05) is 28.5 Å². The van der Waals surface area contributed by atoms with Gasteiger partial charge in [-0.15, -0.1) is 0 Å². The van der Waals surface area contributed by atoms with Crippen LogP contribution >= 0.6 is 0 Å². The minimum Gasteiger partial charge on any atom is -0.507 e. The van der Waals surface area contributed by atoms with Gasteiger partial charge in [-0.2, -0.15) is 0 Å². The zero-order chi connectivity index (χ0) is 47.8. The van der Waals surface area contributed by atoms with Crippen LogP contribution in [-0.4, -0.2) is 19.6 Å². The minimum atomic E-state index is -0.637. The zero-order valence-electron chi connectivity index (χ0n) is 42.3. The fraction of sp³-hybridized carbons (Fsp3) is 0.276. The Hall–Kier alpha value is -6.26. The lowest BCUT2D eigenvalue weighted by Gasteiger charge is -2.28. The van der Waals surface area contributed by atoms with Gasteiger partial charge < -0.3 is 5.11 Å². The number of fused-ring (bicyclic) bond motifs is 1. The molecule has 0 amide bonds.